The normalized spacial score (nSPS) is 33.0. The number of piperidine rings is 1. The van der Waals surface area contributed by atoms with Crippen LogP contribution in [0.2, 0.25) is 0 Å². The highest BCUT2D eigenvalue weighted by molar-refractivity contribution is 5.64. The molecule has 0 saturated carbocycles. The van der Waals surface area contributed by atoms with Crippen LogP contribution in [0.1, 0.15) is 25.8 Å². The highest BCUT2D eigenvalue weighted by Crippen LogP contribution is 2.45. The van der Waals surface area contributed by atoms with Gasteiger partial charge in [-0.1, -0.05) is 55.5 Å². The van der Waals surface area contributed by atoms with Gasteiger partial charge in [0, 0.05) is 25.4 Å². The molecule has 2 aliphatic rings. The first kappa shape index (κ1) is 15.8. The van der Waals surface area contributed by atoms with Crippen molar-refractivity contribution in [1.29, 1.82) is 0 Å². The van der Waals surface area contributed by atoms with Crippen molar-refractivity contribution in [1.82, 2.24) is 5.32 Å². The molecule has 0 aliphatic carbocycles. The molecule has 3 heteroatoms. The summed E-state index contributed by atoms with van der Waals surface area (Å²) in [6.07, 6.45) is 0.905. The number of ether oxygens (including phenoxy) is 2. The summed E-state index contributed by atoms with van der Waals surface area (Å²) in [6, 6.07) is 19.1. The number of benzene rings is 2. The van der Waals surface area contributed by atoms with Crippen LogP contribution in [0.25, 0.3) is 11.1 Å². The maximum absolute atomic E-state index is 6.60. The molecular formula is C21H25NO2. The van der Waals surface area contributed by atoms with Crippen molar-refractivity contribution in [2.75, 3.05) is 19.7 Å². The fourth-order valence-electron chi connectivity index (χ4n) is 3.85. The quantitative estimate of drug-likeness (QED) is 0.908. The Labute approximate surface area is 144 Å². The molecule has 1 N–H and O–H groups in total. The minimum Gasteiger partial charge on any atom is -0.346 e. The van der Waals surface area contributed by atoms with Gasteiger partial charge in [-0.25, -0.2) is 0 Å². The molecule has 24 heavy (non-hydrogen) atoms. The van der Waals surface area contributed by atoms with Crippen molar-refractivity contribution in [3.8, 4) is 11.1 Å². The van der Waals surface area contributed by atoms with E-state index in [1.54, 1.807) is 0 Å². The molecule has 126 valence electrons. The van der Waals surface area contributed by atoms with Gasteiger partial charge in [0.2, 0.25) is 0 Å². The minimum absolute atomic E-state index is 0.352. The van der Waals surface area contributed by atoms with E-state index >= 15 is 0 Å². The molecule has 2 fully saturated rings. The van der Waals surface area contributed by atoms with Crippen LogP contribution in [-0.4, -0.2) is 25.5 Å². The van der Waals surface area contributed by atoms with Crippen LogP contribution >= 0.6 is 0 Å². The maximum Gasteiger partial charge on any atom is 0.174 e. The molecule has 0 bridgehead atoms. The van der Waals surface area contributed by atoms with E-state index in [0.29, 0.717) is 12.5 Å². The SMILES string of the molecule is CC1CNCCC12OCC(C)(c1cccc(-c3ccccc3)c1)O2. The lowest BCUT2D eigenvalue weighted by molar-refractivity contribution is -0.227. The molecule has 2 heterocycles. The molecule has 3 nitrogen and oxygen atoms in total. The average Bonchev–Trinajstić information content (AvgIpc) is 2.98. The average molecular weight is 323 g/mol. The van der Waals surface area contributed by atoms with Crippen LogP contribution in [0, 0.1) is 5.92 Å². The van der Waals surface area contributed by atoms with E-state index < -0.39 is 11.4 Å². The van der Waals surface area contributed by atoms with Crippen LogP contribution in [0.3, 0.4) is 0 Å². The first-order valence-electron chi connectivity index (χ1n) is 8.82. The Morgan fingerprint density at radius 3 is 2.62 bits per heavy atom. The van der Waals surface area contributed by atoms with Crippen LogP contribution in [0.15, 0.2) is 54.6 Å². The van der Waals surface area contributed by atoms with Gasteiger partial charge >= 0.3 is 0 Å². The zero-order valence-electron chi connectivity index (χ0n) is 14.4. The van der Waals surface area contributed by atoms with Crippen LogP contribution in [0.4, 0.5) is 0 Å². The van der Waals surface area contributed by atoms with Crippen molar-refractivity contribution < 1.29 is 9.47 Å². The topological polar surface area (TPSA) is 30.5 Å². The first-order valence-corrected chi connectivity index (χ1v) is 8.82. The lowest BCUT2D eigenvalue weighted by Gasteiger charge is -2.39. The molecule has 2 saturated heterocycles. The van der Waals surface area contributed by atoms with E-state index in [-0.39, 0.29) is 0 Å². The lowest BCUT2D eigenvalue weighted by Crippen LogP contribution is -2.50. The number of rotatable bonds is 2. The predicted octanol–water partition coefficient (Wildman–Crippen LogP) is 3.94. The van der Waals surface area contributed by atoms with Crippen molar-refractivity contribution in [3.63, 3.8) is 0 Å². The van der Waals surface area contributed by atoms with E-state index in [9.17, 15) is 0 Å². The maximum atomic E-state index is 6.60. The van der Waals surface area contributed by atoms with Crippen molar-refractivity contribution in [2.45, 2.75) is 31.7 Å². The van der Waals surface area contributed by atoms with Gasteiger partial charge in [-0.15, -0.1) is 0 Å². The standard InChI is InChI=1S/C21H25NO2/c1-16-14-22-12-11-21(16)23-15-20(2,24-21)19-10-6-9-18(13-19)17-7-4-3-5-8-17/h3-10,13,16,22H,11-12,14-15H2,1-2H3. The Bertz CT molecular complexity index is 717. The van der Waals surface area contributed by atoms with Gasteiger partial charge in [-0.2, -0.15) is 0 Å². The first-order chi connectivity index (χ1) is 11.6. The van der Waals surface area contributed by atoms with E-state index in [2.05, 4.69) is 67.7 Å². The summed E-state index contributed by atoms with van der Waals surface area (Å²) in [7, 11) is 0. The third-order valence-corrected chi connectivity index (χ3v) is 5.42. The van der Waals surface area contributed by atoms with Gasteiger partial charge in [-0.3, -0.25) is 0 Å². The van der Waals surface area contributed by atoms with Crippen LogP contribution in [-0.2, 0) is 15.1 Å². The molecule has 2 aromatic carbocycles. The smallest absolute Gasteiger partial charge is 0.174 e. The van der Waals surface area contributed by atoms with Crippen LogP contribution in [0.5, 0.6) is 0 Å². The van der Waals surface area contributed by atoms with E-state index in [4.69, 9.17) is 9.47 Å². The predicted molar refractivity (Wildman–Crippen MR) is 95.6 cm³/mol. The zero-order chi connectivity index (χ0) is 16.6. The summed E-state index contributed by atoms with van der Waals surface area (Å²) in [4.78, 5) is 0. The van der Waals surface area contributed by atoms with Crippen molar-refractivity contribution in [3.05, 3.63) is 60.2 Å². The lowest BCUT2D eigenvalue weighted by atomic mass is 9.91. The summed E-state index contributed by atoms with van der Waals surface area (Å²) in [5.41, 5.74) is 3.24. The second kappa shape index (κ2) is 5.99. The van der Waals surface area contributed by atoms with Gasteiger partial charge in [0.05, 0.1) is 6.61 Å². The molecule has 2 aromatic rings. The molecule has 3 atom stereocenters. The molecule has 2 aliphatic heterocycles. The van der Waals surface area contributed by atoms with Crippen LogP contribution < -0.4 is 5.32 Å². The minimum atomic E-state index is -0.442. The Kier molecular flexibility index (Phi) is 3.95. The van der Waals surface area contributed by atoms with Crippen molar-refractivity contribution >= 4 is 0 Å². The fraction of sp³-hybridized carbons (Fsp3) is 0.429. The molecule has 4 rings (SSSR count). The summed E-state index contributed by atoms with van der Waals surface area (Å²) in [6.45, 7) is 6.86. The number of hydrogen-bond donors (Lipinski definition) is 1. The van der Waals surface area contributed by atoms with E-state index in [1.165, 1.54) is 16.7 Å². The Morgan fingerprint density at radius 1 is 1.04 bits per heavy atom. The Balaban J connectivity index is 1.64. The van der Waals surface area contributed by atoms with Gasteiger partial charge in [0.15, 0.2) is 5.79 Å². The molecule has 0 aromatic heterocycles. The summed E-state index contributed by atoms with van der Waals surface area (Å²) in [5, 5.41) is 3.42. The van der Waals surface area contributed by atoms with Gasteiger partial charge in [0.25, 0.3) is 0 Å². The van der Waals surface area contributed by atoms with Gasteiger partial charge < -0.3 is 14.8 Å². The molecule has 0 radical (unpaired) electrons. The van der Waals surface area contributed by atoms with E-state index in [0.717, 1.165) is 19.5 Å². The highest BCUT2D eigenvalue weighted by Gasteiger charge is 2.52. The fourth-order valence-corrected chi connectivity index (χ4v) is 3.85. The number of nitrogens with one attached hydrogen (secondary N) is 1. The third kappa shape index (κ3) is 2.67. The van der Waals surface area contributed by atoms with E-state index in [1.807, 2.05) is 6.07 Å². The Morgan fingerprint density at radius 2 is 1.83 bits per heavy atom. The molecular weight excluding hydrogens is 298 g/mol. The monoisotopic (exact) mass is 323 g/mol. The summed E-state index contributed by atoms with van der Waals surface area (Å²) < 4.78 is 12.9. The van der Waals surface area contributed by atoms with Crippen molar-refractivity contribution in [2.24, 2.45) is 5.92 Å². The summed E-state index contributed by atoms with van der Waals surface area (Å²) in [5.74, 6) is -0.0895. The van der Waals surface area contributed by atoms with Gasteiger partial charge in [0.1, 0.15) is 5.60 Å². The largest absolute Gasteiger partial charge is 0.346 e. The summed E-state index contributed by atoms with van der Waals surface area (Å²) >= 11 is 0. The highest BCUT2D eigenvalue weighted by atomic mass is 16.8. The second-order valence-electron chi connectivity index (χ2n) is 7.24. The second-order valence-corrected chi connectivity index (χ2v) is 7.24. The third-order valence-electron chi connectivity index (χ3n) is 5.42. The number of hydrogen-bond acceptors (Lipinski definition) is 3. The molecule has 3 unspecified atom stereocenters. The van der Waals surface area contributed by atoms with Gasteiger partial charge in [-0.05, 0) is 29.7 Å². The molecule has 0 amide bonds. The zero-order valence-corrected chi connectivity index (χ0v) is 14.4. The molecule has 1 spiro atoms. The Hall–Kier alpha value is -1.68.